The van der Waals surface area contributed by atoms with Crippen molar-refractivity contribution in [2.75, 3.05) is 31.6 Å². The van der Waals surface area contributed by atoms with Crippen molar-refractivity contribution in [3.05, 3.63) is 36.5 Å². The predicted molar refractivity (Wildman–Crippen MR) is 70.1 cm³/mol. The zero-order chi connectivity index (χ0) is 11.9. The van der Waals surface area contributed by atoms with E-state index in [0.717, 1.165) is 17.7 Å². The summed E-state index contributed by atoms with van der Waals surface area (Å²) >= 11 is 0. The zero-order valence-electron chi connectivity index (χ0n) is 9.73. The Bertz CT molecular complexity index is 468. The molecule has 0 unspecified atom stereocenters. The van der Waals surface area contributed by atoms with Crippen LogP contribution in [0.15, 0.2) is 36.5 Å². The van der Waals surface area contributed by atoms with Crippen LogP contribution in [0.5, 0.6) is 0 Å². The normalized spacial score (nSPS) is 10.6. The first-order chi connectivity index (χ1) is 8.42. The van der Waals surface area contributed by atoms with Crippen LogP contribution >= 0.6 is 0 Å². The van der Waals surface area contributed by atoms with E-state index in [-0.39, 0.29) is 0 Å². The third-order valence-electron chi connectivity index (χ3n) is 2.47. The van der Waals surface area contributed by atoms with Gasteiger partial charge in [0.1, 0.15) is 5.82 Å². The molecule has 4 nitrogen and oxygen atoms in total. The molecular formula is C13H17N3O. The molecule has 2 rings (SSSR count). The Hall–Kier alpha value is -1.65. The van der Waals surface area contributed by atoms with E-state index in [2.05, 4.69) is 22.4 Å². The Kier molecular flexibility index (Phi) is 4.30. The summed E-state index contributed by atoms with van der Waals surface area (Å²) in [7, 11) is 0. The number of rotatable bonds is 6. The molecule has 1 heterocycles. The zero-order valence-corrected chi connectivity index (χ0v) is 9.73. The summed E-state index contributed by atoms with van der Waals surface area (Å²) in [5.74, 6) is 0.902. The molecule has 17 heavy (non-hydrogen) atoms. The monoisotopic (exact) mass is 231 g/mol. The molecule has 0 saturated carbocycles. The highest BCUT2D eigenvalue weighted by atomic mass is 16.5. The average Bonchev–Trinajstić information content (AvgIpc) is 2.39. The molecule has 0 radical (unpaired) electrons. The summed E-state index contributed by atoms with van der Waals surface area (Å²) in [6, 6.07) is 10.2. The van der Waals surface area contributed by atoms with Gasteiger partial charge < -0.3 is 15.8 Å². The molecule has 0 fully saturated rings. The third-order valence-corrected chi connectivity index (χ3v) is 2.47. The van der Waals surface area contributed by atoms with Gasteiger partial charge in [0.15, 0.2) is 0 Å². The number of nitrogens with one attached hydrogen (secondary N) is 1. The number of fused-ring (bicyclic) bond motifs is 1. The SMILES string of the molecule is NCCOCCNc1nccc2ccccc12. The average molecular weight is 231 g/mol. The summed E-state index contributed by atoms with van der Waals surface area (Å²) in [5.41, 5.74) is 5.34. The first kappa shape index (κ1) is 11.8. The lowest BCUT2D eigenvalue weighted by Gasteiger charge is -2.08. The fourth-order valence-corrected chi connectivity index (χ4v) is 1.69. The van der Waals surface area contributed by atoms with Gasteiger partial charge in [-0.05, 0) is 11.5 Å². The minimum atomic E-state index is 0.562. The van der Waals surface area contributed by atoms with Gasteiger partial charge in [-0.25, -0.2) is 4.98 Å². The van der Waals surface area contributed by atoms with E-state index in [1.165, 1.54) is 5.39 Å². The molecule has 0 atom stereocenters. The second kappa shape index (κ2) is 6.18. The van der Waals surface area contributed by atoms with Crippen molar-refractivity contribution in [1.82, 2.24) is 4.98 Å². The first-order valence-corrected chi connectivity index (χ1v) is 5.77. The molecule has 0 spiro atoms. The van der Waals surface area contributed by atoms with E-state index in [4.69, 9.17) is 10.5 Å². The molecule has 0 aliphatic heterocycles. The maximum Gasteiger partial charge on any atom is 0.133 e. The van der Waals surface area contributed by atoms with Gasteiger partial charge in [-0.3, -0.25) is 0 Å². The second-order valence-electron chi connectivity index (χ2n) is 3.71. The largest absolute Gasteiger partial charge is 0.378 e. The van der Waals surface area contributed by atoms with E-state index in [0.29, 0.717) is 19.8 Å². The molecule has 0 amide bonds. The molecule has 90 valence electrons. The lowest BCUT2D eigenvalue weighted by atomic mass is 10.1. The number of benzene rings is 1. The van der Waals surface area contributed by atoms with Crippen LogP contribution in [0.3, 0.4) is 0 Å². The Morgan fingerprint density at radius 3 is 2.94 bits per heavy atom. The second-order valence-corrected chi connectivity index (χ2v) is 3.71. The number of pyridine rings is 1. The van der Waals surface area contributed by atoms with Crippen molar-refractivity contribution in [2.24, 2.45) is 5.73 Å². The van der Waals surface area contributed by atoms with Gasteiger partial charge in [0, 0.05) is 24.7 Å². The van der Waals surface area contributed by atoms with Gasteiger partial charge in [-0.2, -0.15) is 0 Å². The molecular weight excluding hydrogens is 214 g/mol. The number of ether oxygens (including phenoxy) is 1. The smallest absolute Gasteiger partial charge is 0.133 e. The molecule has 0 aliphatic carbocycles. The van der Waals surface area contributed by atoms with Crippen molar-refractivity contribution in [1.29, 1.82) is 0 Å². The number of hydrogen-bond acceptors (Lipinski definition) is 4. The third kappa shape index (κ3) is 3.15. The van der Waals surface area contributed by atoms with Crippen LogP contribution in [0.4, 0.5) is 5.82 Å². The van der Waals surface area contributed by atoms with Crippen LogP contribution in [0.2, 0.25) is 0 Å². The number of anilines is 1. The lowest BCUT2D eigenvalue weighted by molar-refractivity contribution is 0.151. The van der Waals surface area contributed by atoms with Gasteiger partial charge >= 0.3 is 0 Å². The van der Waals surface area contributed by atoms with Crippen LogP contribution in [-0.4, -0.2) is 31.3 Å². The molecule has 0 saturated heterocycles. The van der Waals surface area contributed by atoms with Crippen LogP contribution < -0.4 is 11.1 Å². The van der Waals surface area contributed by atoms with Crippen molar-refractivity contribution in [3.8, 4) is 0 Å². The molecule has 4 heteroatoms. The summed E-state index contributed by atoms with van der Waals surface area (Å²) in [6.07, 6.45) is 1.81. The summed E-state index contributed by atoms with van der Waals surface area (Å²) in [6.45, 7) is 2.54. The standard InChI is InChI=1S/C13H17N3O/c14-6-9-17-10-8-16-13-12-4-2-1-3-11(12)5-7-15-13/h1-5,7H,6,8-10,14H2,(H,15,16). The highest BCUT2D eigenvalue weighted by molar-refractivity contribution is 5.91. The van der Waals surface area contributed by atoms with Crippen molar-refractivity contribution < 1.29 is 4.74 Å². The van der Waals surface area contributed by atoms with E-state index in [1.54, 1.807) is 0 Å². The minimum absolute atomic E-state index is 0.562. The van der Waals surface area contributed by atoms with Gasteiger partial charge in [-0.15, -0.1) is 0 Å². The fraction of sp³-hybridized carbons (Fsp3) is 0.308. The quantitative estimate of drug-likeness (QED) is 0.742. The highest BCUT2D eigenvalue weighted by Crippen LogP contribution is 2.19. The molecule has 1 aromatic carbocycles. The number of nitrogens with zero attached hydrogens (tertiary/aromatic N) is 1. The Morgan fingerprint density at radius 2 is 2.06 bits per heavy atom. The molecule has 1 aromatic heterocycles. The first-order valence-electron chi connectivity index (χ1n) is 5.77. The Morgan fingerprint density at radius 1 is 1.18 bits per heavy atom. The highest BCUT2D eigenvalue weighted by Gasteiger charge is 2.00. The number of aromatic nitrogens is 1. The van der Waals surface area contributed by atoms with Crippen LogP contribution in [-0.2, 0) is 4.74 Å². The Labute approximate surface area is 101 Å². The van der Waals surface area contributed by atoms with Crippen LogP contribution in [0.1, 0.15) is 0 Å². The van der Waals surface area contributed by atoms with Gasteiger partial charge in [0.05, 0.1) is 13.2 Å². The Balaban J connectivity index is 1.98. The molecule has 2 aromatic rings. The minimum Gasteiger partial charge on any atom is -0.378 e. The van der Waals surface area contributed by atoms with Gasteiger partial charge in [-0.1, -0.05) is 24.3 Å². The van der Waals surface area contributed by atoms with Crippen LogP contribution in [0, 0.1) is 0 Å². The van der Waals surface area contributed by atoms with Gasteiger partial charge in [0.25, 0.3) is 0 Å². The topological polar surface area (TPSA) is 60.2 Å². The molecule has 0 bridgehead atoms. The summed E-state index contributed by atoms with van der Waals surface area (Å²) in [4.78, 5) is 4.33. The number of hydrogen-bond donors (Lipinski definition) is 2. The maximum atomic E-state index is 5.34. The van der Waals surface area contributed by atoms with Crippen molar-refractivity contribution in [2.45, 2.75) is 0 Å². The van der Waals surface area contributed by atoms with Crippen LogP contribution in [0.25, 0.3) is 10.8 Å². The summed E-state index contributed by atoms with van der Waals surface area (Å²) in [5, 5.41) is 5.59. The van der Waals surface area contributed by atoms with E-state index < -0.39 is 0 Å². The van der Waals surface area contributed by atoms with Crippen molar-refractivity contribution >= 4 is 16.6 Å². The predicted octanol–water partition coefficient (Wildman–Crippen LogP) is 1.62. The maximum absolute atomic E-state index is 5.34. The number of nitrogens with two attached hydrogens (primary N) is 1. The molecule has 0 aliphatic rings. The van der Waals surface area contributed by atoms with E-state index >= 15 is 0 Å². The lowest BCUT2D eigenvalue weighted by Crippen LogP contribution is -2.14. The van der Waals surface area contributed by atoms with Gasteiger partial charge in [0.2, 0.25) is 0 Å². The fourth-order valence-electron chi connectivity index (χ4n) is 1.69. The molecule has 3 N–H and O–H groups in total. The van der Waals surface area contributed by atoms with Crippen molar-refractivity contribution in [3.63, 3.8) is 0 Å². The van der Waals surface area contributed by atoms with E-state index in [1.807, 2.05) is 24.4 Å². The summed E-state index contributed by atoms with van der Waals surface area (Å²) < 4.78 is 5.30. The van der Waals surface area contributed by atoms with E-state index in [9.17, 15) is 0 Å².